The van der Waals surface area contributed by atoms with E-state index in [0.29, 0.717) is 0 Å². The number of carbonyl (C=O) groups is 2. The zero-order valence-electron chi connectivity index (χ0n) is 12.0. The molecule has 0 unspecified atom stereocenters. The quantitative estimate of drug-likeness (QED) is 0.847. The van der Waals surface area contributed by atoms with Crippen LogP contribution in [0.25, 0.3) is 0 Å². The number of amides is 1. The van der Waals surface area contributed by atoms with Gasteiger partial charge in [-0.3, -0.25) is 4.79 Å². The van der Waals surface area contributed by atoms with E-state index >= 15 is 0 Å². The molecule has 1 aromatic rings. The van der Waals surface area contributed by atoms with E-state index in [0.717, 1.165) is 31.2 Å². The van der Waals surface area contributed by atoms with Crippen molar-refractivity contribution in [2.45, 2.75) is 44.8 Å². The molecule has 21 heavy (non-hydrogen) atoms. The lowest BCUT2D eigenvalue weighted by Gasteiger charge is -2.21. The zero-order chi connectivity index (χ0) is 14.9. The molecule has 1 saturated carbocycles. The fourth-order valence-electron chi connectivity index (χ4n) is 2.33. The molecule has 5 nitrogen and oxygen atoms in total. The Hall–Kier alpha value is -2.04. The predicted molar refractivity (Wildman–Crippen MR) is 77.6 cm³/mol. The first-order valence-corrected chi connectivity index (χ1v) is 7.38. The predicted octanol–water partition coefficient (Wildman–Crippen LogP) is 2.79. The minimum Gasteiger partial charge on any atom is -0.461 e. The van der Waals surface area contributed by atoms with Crippen molar-refractivity contribution in [1.29, 1.82) is 0 Å². The highest BCUT2D eigenvalue weighted by Gasteiger charge is 2.18. The second kappa shape index (κ2) is 8.29. The van der Waals surface area contributed by atoms with Crippen molar-refractivity contribution in [2.24, 2.45) is 0 Å². The normalized spacial score (nSPS) is 15.2. The molecule has 5 heteroatoms. The van der Waals surface area contributed by atoms with Crippen molar-refractivity contribution < 1.29 is 19.1 Å². The fraction of sp³-hybridized carbons (Fsp3) is 0.500. The van der Waals surface area contributed by atoms with Crippen LogP contribution in [0, 0.1) is 0 Å². The summed E-state index contributed by atoms with van der Waals surface area (Å²) in [5, 5.41) is 2.41. The molecule has 0 aliphatic heterocycles. The molecular weight excluding hydrogens is 270 g/mol. The Labute approximate surface area is 124 Å². The SMILES string of the molecule is O=C(CNC(=O)OCc1ccccc1)OC1CCCCC1. The van der Waals surface area contributed by atoms with E-state index in [1.165, 1.54) is 6.42 Å². The van der Waals surface area contributed by atoms with E-state index in [1.807, 2.05) is 30.3 Å². The lowest BCUT2D eigenvalue weighted by atomic mass is 9.98. The molecule has 0 atom stereocenters. The van der Waals surface area contributed by atoms with E-state index in [2.05, 4.69) is 5.32 Å². The summed E-state index contributed by atoms with van der Waals surface area (Å²) in [6, 6.07) is 9.37. The highest BCUT2D eigenvalue weighted by atomic mass is 16.6. The number of ether oxygens (including phenoxy) is 2. The van der Waals surface area contributed by atoms with Gasteiger partial charge < -0.3 is 14.8 Å². The minimum absolute atomic E-state index is 0.00777. The highest BCUT2D eigenvalue weighted by Crippen LogP contribution is 2.20. The third-order valence-corrected chi connectivity index (χ3v) is 3.44. The first-order valence-electron chi connectivity index (χ1n) is 7.38. The molecule has 0 bridgehead atoms. The van der Waals surface area contributed by atoms with Crippen LogP contribution in [0.4, 0.5) is 4.79 Å². The molecule has 1 fully saturated rings. The van der Waals surface area contributed by atoms with Gasteiger partial charge in [0, 0.05) is 0 Å². The van der Waals surface area contributed by atoms with Gasteiger partial charge in [-0.2, -0.15) is 0 Å². The lowest BCUT2D eigenvalue weighted by molar-refractivity contribution is -0.149. The summed E-state index contributed by atoms with van der Waals surface area (Å²) in [7, 11) is 0. The number of alkyl carbamates (subject to hydrolysis) is 1. The molecule has 1 aromatic carbocycles. The first kappa shape index (κ1) is 15.4. The number of hydrogen-bond donors (Lipinski definition) is 1. The topological polar surface area (TPSA) is 64.6 Å². The van der Waals surface area contributed by atoms with Gasteiger partial charge in [0.15, 0.2) is 0 Å². The number of esters is 1. The zero-order valence-corrected chi connectivity index (χ0v) is 12.0. The van der Waals surface area contributed by atoms with Gasteiger partial charge in [-0.25, -0.2) is 4.79 Å². The molecule has 114 valence electrons. The van der Waals surface area contributed by atoms with Crippen LogP contribution in [0.15, 0.2) is 30.3 Å². The molecule has 0 saturated heterocycles. The van der Waals surface area contributed by atoms with Gasteiger partial charge in [-0.1, -0.05) is 36.8 Å². The molecule has 0 radical (unpaired) electrons. The van der Waals surface area contributed by atoms with Crippen LogP contribution in [0.1, 0.15) is 37.7 Å². The van der Waals surface area contributed by atoms with Crippen molar-refractivity contribution in [1.82, 2.24) is 5.32 Å². The summed E-state index contributed by atoms with van der Waals surface area (Å²) in [4.78, 5) is 23.1. The second-order valence-electron chi connectivity index (χ2n) is 5.17. The van der Waals surface area contributed by atoms with E-state index in [4.69, 9.17) is 9.47 Å². The molecule has 1 aliphatic rings. The van der Waals surface area contributed by atoms with Gasteiger partial charge >= 0.3 is 12.1 Å². The van der Waals surface area contributed by atoms with Crippen LogP contribution < -0.4 is 5.32 Å². The van der Waals surface area contributed by atoms with E-state index in [-0.39, 0.29) is 19.3 Å². The Morgan fingerprint density at radius 3 is 2.52 bits per heavy atom. The number of nitrogens with one attached hydrogen (secondary N) is 1. The first-order chi connectivity index (χ1) is 10.2. The summed E-state index contributed by atoms with van der Waals surface area (Å²) < 4.78 is 10.3. The smallest absolute Gasteiger partial charge is 0.407 e. The molecule has 0 aromatic heterocycles. The Kier molecular flexibility index (Phi) is 6.06. The molecule has 0 heterocycles. The van der Waals surface area contributed by atoms with Crippen molar-refractivity contribution in [3.05, 3.63) is 35.9 Å². The van der Waals surface area contributed by atoms with Crippen LogP contribution >= 0.6 is 0 Å². The van der Waals surface area contributed by atoms with Gasteiger partial charge in [0.1, 0.15) is 19.3 Å². The Balaban J connectivity index is 1.60. The maximum absolute atomic E-state index is 11.6. The summed E-state index contributed by atoms with van der Waals surface area (Å²) >= 11 is 0. The van der Waals surface area contributed by atoms with Gasteiger partial charge in [-0.15, -0.1) is 0 Å². The van der Waals surface area contributed by atoms with Gasteiger partial charge in [0.25, 0.3) is 0 Å². The molecule has 1 N–H and O–H groups in total. The van der Waals surface area contributed by atoms with E-state index in [9.17, 15) is 9.59 Å². The van der Waals surface area contributed by atoms with E-state index < -0.39 is 12.1 Å². The standard InChI is InChI=1S/C16H21NO4/c18-15(21-14-9-5-2-6-10-14)11-17-16(19)20-12-13-7-3-1-4-8-13/h1,3-4,7-8,14H,2,5-6,9-12H2,(H,17,19). The number of rotatable bonds is 5. The average Bonchev–Trinajstić information content (AvgIpc) is 2.53. The van der Waals surface area contributed by atoms with Gasteiger partial charge in [0.2, 0.25) is 0 Å². The number of carbonyl (C=O) groups excluding carboxylic acids is 2. The Morgan fingerprint density at radius 2 is 1.81 bits per heavy atom. The maximum atomic E-state index is 11.6. The number of hydrogen-bond acceptors (Lipinski definition) is 4. The summed E-state index contributed by atoms with van der Waals surface area (Å²) in [5.74, 6) is -0.404. The third-order valence-electron chi connectivity index (χ3n) is 3.44. The van der Waals surface area contributed by atoms with Crippen molar-refractivity contribution in [3.63, 3.8) is 0 Å². The molecular formula is C16H21NO4. The Bertz CT molecular complexity index is 455. The molecule has 1 amide bonds. The summed E-state index contributed by atoms with van der Waals surface area (Å²) in [6.45, 7) is 0.0362. The van der Waals surface area contributed by atoms with Crippen LogP contribution in [0.5, 0.6) is 0 Å². The van der Waals surface area contributed by atoms with Crippen molar-refractivity contribution >= 4 is 12.1 Å². The summed E-state index contributed by atoms with van der Waals surface area (Å²) in [5.41, 5.74) is 0.900. The number of benzene rings is 1. The average molecular weight is 291 g/mol. The third kappa shape index (κ3) is 5.85. The van der Waals surface area contributed by atoms with Crippen molar-refractivity contribution in [3.8, 4) is 0 Å². The Morgan fingerprint density at radius 1 is 1.10 bits per heavy atom. The molecule has 0 spiro atoms. The summed E-state index contributed by atoms with van der Waals surface area (Å²) in [6.07, 6.45) is 4.65. The highest BCUT2D eigenvalue weighted by molar-refractivity contribution is 5.77. The molecule has 2 rings (SSSR count). The largest absolute Gasteiger partial charge is 0.461 e. The minimum atomic E-state index is -0.612. The van der Waals surface area contributed by atoms with Crippen LogP contribution in [-0.2, 0) is 20.9 Å². The maximum Gasteiger partial charge on any atom is 0.407 e. The molecule has 1 aliphatic carbocycles. The van der Waals surface area contributed by atoms with E-state index in [1.54, 1.807) is 0 Å². The second-order valence-corrected chi connectivity index (χ2v) is 5.17. The van der Waals surface area contributed by atoms with Crippen molar-refractivity contribution in [2.75, 3.05) is 6.54 Å². The van der Waals surface area contributed by atoms with Gasteiger partial charge in [-0.05, 0) is 31.2 Å². The van der Waals surface area contributed by atoms with Crippen LogP contribution in [-0.4, -0.2) is 24.7 Å². The monoisotopic (exact) mass is 291 g/mol. The van der Waals surface area contributed by atoms with Crippen LogP contribution in [0.2, 0.25) is 0 Å². The fourth-order valence-corrected chi connectivity index (χ4v) is 2.33. The van der Waals surface area contributed by atoms with Crippen LogP contribution in [0.3, 0.4) is 0 Å². The van der Waals surface area contributed by atoms with Gasteiger partial charge in [0.05, 0.1) is 0 Å². The lowest BCUT2D eigenvalue weighted by Crippen LogP contribution is -2.33.